The molecule has 0 saturated heterocycles. The van der Waals surface area contributed by atoms with Gasteiger partial charge in [-0.15, -0.1) is 11.3 Å². The van der Waals surface area contributed by atoms with E-state index in [2.05, 4.69) is 188 Å². The lowest BCUT2D eigenvalue weighted by Gasteiger charge is -2.41. The molecule has 4 aromatic heterocycles. The topological polar surface area (TPSA) is 34.5 Å². The van der Waals surface area contributed by atoms with Gasteiger partial charge in [-0.05, 0) is 104 Å². The molecular formula is C54H35BN2O2S. The number of hydrogen-bond acceptors (Lipinski definition) is 4. The molecule has 0 unspecified atom stereocenters. The highest BCUT2D eigenvalue weighted by Crippen LogP contribution is 2.53. The third-order valence-corrected chi connectivity index (χ3v) is 14.5. The first-order valence-electron chi connectivity index (χ1n) is 20.8. The van der Waals surface area contributed by atoms with Crippen LogP contribution in [0.25, 0.3) is 97.3 Å². The Labute approximate surface area is 349 Å². The first-order valence-corrected chi connectivity index (χ1v) is 21.6. The molecule has 8 aromatic carbocycles. The van der Waals surface area contributed by atoms with E-state index < -0.39 is 0 Å². The lowest BCUT2D eigenvalue weighted by molar-refractivity contribution is 0.590. The number of para-hydroxylation sites is 3. The summed E-state index contributed by atoms with van der Waals surface area (Å²) in [6.45, 7) is 6.72. The Bertz CT molecular complexity index is 3840. The summed E-state index contributed by atoms with van der Waals surface area (Å²) in [6, 6.07) is 58.0. The molecule has 60 heavy (non-hydrogen) atoms. The average Bonchev–Trinajstić information content (AvgIpc) is 4.04. The zero-order valence-corrected chi connectivity index (χ0v) is 34.0. The van der Waals surface area contributed by atoms with Crippen molar-refractivity contribution in [1.29, 1.82) is 0 Å². The van der Waals surface area contributed by atoms with Gasteiger partial charge in [-0.1, -0.05) is 118 Å². The fourth-order valence-electron chi connectivity index (χ4n) is 10.7. The minimum absolute atomic E-state index is 0.0467. The second-order valence-electron chi connectivity index (χ2n) is 17.6. The van der Waals surface area contributed by atoms with Gasteiger partial charge in [-0.25, -0.2) is 0 Å². The van der Waals surface area contributed by atoms with Crippen molar-refractivity contribution in [2.24, 2.45) is 0 Å². The molecule has 0 amide bonds. The molecule has 6 heteroatoms. The number of nitrogens with zero attached hydrogens (tertiary/aromatic N) is 2. The van der Waals surface area contributed by atoms with Gasteiger partial charge in [0.1, 0.15) is 11.2 Å². The first kappa shape index (κ1) is 32.9. The van der Waals surface area contributed by atoms with Gasteiger partial charge in [-0.3, -0.25) is 0 Å². The number of anilines is 3. The third kappa shape index (κ3) is 4.11. The SMILES string of the molecule is CC(C)(C)c1ccc(N2c3ccc4sc5ccccc5c4c3B3c4c(cc5c(oc6ccccc65)c42)-c2cccc4c5oc6ccccc6c5n3c24)c(-c2ccccc2)c1. The van der Waals surface area contributed by atoms with Crippen LogP contribution < -0.4 is 15.8 Å². The van der Waals surface area contributed by atoms with E-state index in [1.165, 1.54) is 64.4 Å². The van der Waals surface area contributed by atoms with Crippen molar-refractivity contribution in [2.75, 3.05) is 4.90 Å². The van der Waals surface area contributed by atoms with Gasteiger partial charge >= 0.3 is 6.85 Å². The number of hydrogen-bond donors (Lipinski definition) is 0. The maximum Gasteiger partial charge on any atom is 0.334 e. The van der Waals surface area contributed by atoms with E-state index in [9.17, 15) is 0 Å². The van der Waals surface area contributed by atoms with Gasteiger partial charge in [0.2, 0.25) is 0 Å². The van der Waals surface area contributed by atoms with Crippen LogP contribution in [0.2, 0.25) is 0 Å². The fourth-order valence-corrected chi connectivity index (χ4v) is 11.9. The van der Waals surface area contributed by atoms with Crippen LogP contribution >= 0.6 is 11.3 Å². The van der Waals surface area contributed by atoms with Crippen molar-refractivity contribution >= 4 is 121 Å². The second kappa shape index (κ2) is 11.4. The summed E-state index contributed by atoms with van der Waals surface area (Å²) in [5.74, 6) is 0. The van der Waals surface area contributed by atoms with Crippen molar-refractivity contribution in [3.63, 3.8) is 0 Å². The Morgan fingerprint density at radius 1 is 0.500 bits per heavy atom. The number of furan rings is 2. The van der Waals surface area contributed by atoms with Crippen LogP contribution in [0.4, 0.5) is 17.1 Å². The molecule has 0 bridgehead atoms. The number of thiophene rings is 1. The van der Waals surface area contributed by atoms with Crippen molar-refractivity contribution in [3.05, 3.63) is 163 Å². The van der Waals surface area contributed by atoms with Crippen LogP contribution in [0, 0.1) is 0 Å². The molecule has 12 aromatic rings. The summed E-state index contributed by atoms with van der Waals surface area (Å²) in [5.41, 5.74) is 17.9. The minimum Gasteiger partial charge on any atom is -0.454 e. The van der Waals surface area contributed by atoms with E-state index in [0.29, 0.717) is 0 Å². The summed E-state index contributed by atoms with van der Waals surface area (Å²) in [6.07, 6.45) is 0. The number of benzene rings is 8. The van der Waals surface area contributed by atoms with E-state index in [0.717, 1.165) is 66.5 Å². The Kier molecular flexibility index (Phi) is 6.24. The lowest BCUT2D eigenvalue weighted by atomic mass is 9.44. The van der Waals surface area contributed by atoms with Crippen LogP contribution in [-0.4, -0.2) is 11.3 Å². The summed E-state index contributed by atoms with van der Waals surface area (Å²) in [7, 11) is 0. The summed E-state index contributed by atoms with van der Waals surface area (Å²) >= 11 is 1.88. The van der Waals surface area contributed by atoms with Gasteiger partial charge < -0.3 is 18.2 Å². The average molecular weight is 787 g/mol. The summed E-state index contributed by atoms with van der Waals surface area (Å²) in [5, 5.41) is 7.09. The van der Waals surface area contributed by atoms with Gasteiger partial charge in [0.05, 0.1) is 16.9 Å². The molecule has 14 rings (SSSR count). The number of fused-ring (bicyclic) bond motifs is 17. The van der Waals surface area contributed by atoms with Crippen LogP contribution in [0.15, 0.2) is 167 Å². The van der Waals surface area contributed by atoms with Gasteiger partial charge in [0, 0.05) is 53.3 Å². The molecule has 0 N–H and O–H groups in total. The largest absolute Gasteiger partial charge is 0.454 e. The molecule has 0 spiro atoms. The van der Waals surface area contributed by atoms with E-state index in [4.69, 9.17) is 8.83 Å². The quantitative estimate of drug-likeness (QED) is 0.164. The lowest BCUT2D eigenvalue weighted by Crippen LogP contribution is -2.57. The Morgan fingerprint density at radius 3 is 2.03 bits per heavy atom. The van der Waals surface area contributed by atoms with Gasteiger partial charge in [-0.2, -0.15) is 0 Å². The van der Waals surface area contributed by atoms with Crippen LogP contribution in [-0.2, 0) is 5.41 Å². The number of rotatable bonds is 2. The highest BCUT2D eigenvalue weighted by molar-refractivity contribution is 7.26. The molecule has 0 saturated carbocycles. The molecule has 4 nitrogen and oxygen atoms in total. The van der Waals surface area contributed by atoms with E-state index in [-0.39, 0.29) is 12.3 Å². The molecule has 2 aliphatic rings. The molecule has 2 aliphatic heterocycles. The zero-order valence-electron chi connectivity index (χ0n) is 33.2. The van der Waals surface area contributed by atoms with E-state index >= 15 is 0 Å². The highest BCUT2D eigenvalue weighted by atomic mass is 32.1. The monoisotopic (exact) mass is 786 g/mol. The summed E-state index contributed by atoms with van der Waals surface area (Å²) in [4.78, 5) is 2.56. The van der Waals surface area contributed by atoms with Crippen molar-refractivity contribution in [3.8, 4) is 22.3 Å². The van der Waals surface area contributed by atoms with Crippen molar-refractivity contribution in [1.82, 2.24) is 4.48 Å². The van der Waals surface area contributed by atoms with Crippen LogP contribution in [0.3, 0.4) is 0 Å². The molecule has 0 radical (unpaired) electrons. The Hall–Kier alpha value is -7.02. The maximum absolute atomic E-state index is 7.17. The summed E-state index contributed by atoms with van der Waals surface area (Å²) < 4.78 is 19.2. The minimum atomic E-state index is -0.189. The van der Waals surface area contributed by atoms with E-state index in [1.807, 2.05) is 11.3 Å². The highest BCUT2D eigenvalue weighted by Gasteiger charge is 2.47. The predicted molar refractivity (Wildman–Crippen MR) is 254 cm³/mol. The second-order valence-corrected chi connectivity index (χ2v) is 18.6. The van der Waals surface area contributed by atoms with Gasteiger partial charge in [0.15, 0.2) is 11.2 Å². The maximum atomic E-state index is 7.17. The third-order valence-electron chi connectivity index (χ3n) is 13.3. The van der Waals surface area contributed by atoms with Crippen molar-refractivity contribution < 1.29 is 8.83 Å². The molecular weight excluding hydrogens is 751 g/mol. The van der Waals surface area contributed by atoms with Crippen molar-refractivity contribution in [2.45, 2.75) is 26.2 Å². The molecule has 6 heterocycles. The zero-order chi connectivity index (χ0) is 39.6. The molecule has 0 fully saturated rings. The number of aromatic nitrogens is 1. The molecule has 0 atom stereocenters. The first-order chi connectivity index (χ1) is 29.4. The molecule has 282 valence electrons. The standard InChI is InChI=1S/C54H35BN2O2S/c1-54(2,3)31-24-25-40(37(28-31)30-14-5-4-6-15-30)56-41-26-27-45-46(35-18-9-12-23-44(35)60-45)48(41)55-47-38(29-39-32-16-7-10-21-42(32)58-53(39)51(47)56)33-19-13-20-36-49(33)57(55)50-34-17-8-11-22-43(34)59-52(36)50/h4-29H,1-3H3. The Balaban J connectivity index is 1.24. The Morgan fingerprint density at radius 2 is 1.20 bits per heavy atom. The predicted octanol–water partition coefficient (Wildman–Crippen LogP) is 14.2. The van der Waals surface area contributed by atoms with Crippen LogP contribution in [0.5, 0.6) is 0 Å². The smallest absolute Gasteiger partial charge is 0.334 e. The fraction of sp³-hybridized carbons (Fsp3) is 0.0741. The van der Waals surface area contributed by atoms with Crippen LogP contribution in [0.1, 0.15) is 26.3 Å². The van der Waals surface area contributed by atoms with E-state index in [1.54, 1.807) is 0 Å². The van der Waals surface area contributed by atoms with Gasteiger partial charge in [0.25, 0.3) is 0 Å². The molecule has 0 aliphatic carbocycles. The normalized spacial score (nSPS) is 13.5.